The van der Waals surface area contributed by atoms with E-state index in [0.717, 1.165) is 51.5 Å². The minimum atomic E-state index is 0.864. The number of para-hydroxylation sites is 6. The molecule has 0 saturated carbocycles. The van der Waals surface area contributed by atoms with Gasteiger partial charge in [-0.05, 0) is 190 Å². The van der Waals surface area contributed by atoms with E-state index in [-0.39, 0.29) is 0 Å². The summed E-state index contributed by atoms with van der Waals surface area (Å²) in [7, 11) is 0. The van der Waals surface area contributed by atoms with Crippen LogP contribution in [0.4, 0.5) is 0 Å². The van der Waals surface area contributed by atoms with Crippen LogP contribution < -0.4 is 0 Å². The summed E-state index contributed by atoms with van der Waals surface area (Å²) in [6.07, 6.45) is 11.8. The third-order valence-corrected chi connectivity index (χ3v) is 19.4. The molecular weight excluding hydrogens is 1110 g/mol. The van der Waals surface area contributed by atoms with Gasteiger partial charge in [0.15, 0.2) is 0 Å². The van der Waals surface area contributed by atoms with Crippen molar-refractivity contribution >= 4 is 114 Å². The average Bonchev–Trinajstić information content (AvgIpc) is 1.04. The van der Waals surface area contributed by atoms with E-state index in [0.29, 0.717) is 0 Å². The highest BCUT2D eigenvalue weighted by molar-refractivity contribution is 6.26. The predicted molar refractivity (Wildman–Crippen MR) is 390 cm³/mol. The number of aromatic nitrogens is 4. The smallest absolute Gasteiger partial charge is 0.145 e. The summed E-state index contributed by atoms with van der Waals surface area (Å²) in [4.78, 5) is 5.26. The Morgan fingerprint density at radius 2 is 0.641 bits per heavy atom. The van der Waals surface area contributed by atoms with Crippen molar-refractivity contribution in [3.05, 3.63) is 328 Å². The van der Waals surface area contributed by atoms with Gasteiger partial charge in [-0.1, -0.05) is 243 Å². The molecule has 15 aromatic carbocycles. The number of rotatable bonds is 8. The zero-order valence-corrected chi connectivity index (χ0v) is 50.2. The van der Waals surface area contributed by atoms with E-state index in [1.165, 1.54) is 136 Å². The van der Waals surface area contributed by atoms with Crippen LogP contribution in [0, 0.1) is 0 Å². The first-order valence-corrected chi connectivity index (χ1v) is 31.8. The molecule has 0 atom stereocenters. The van der Waals surface area contributed by atoms with Crippen molar-refractivity contribution in [2.75, 3.05) is 0 Å². The Labute approximate surface area is 531 Å². The molecule has 4 heteroatoms. The lowest BCUT2D eigenvalue weighted by atomic mass is 9.82. The Morgan fingerprint density at radius 1 is 0.261 bits per heavy atom. The van der Waals surface area contributed by atoms with E-state index < -0.39 is 0 Å². The lowest BCUT2D eigenvalue weighted by molar-refractivity contribution is 1.14. The molecule has 19 rings (SSSR count). The second-order valence-electron chi connectivity index (χ2n) is 24.4. The number of hydrogen-bond acceptors (Lipinski definition) is 1. The third kappa shape index (κ3) is 8.00. The molecule has 0 radical (unpaired) electrons. The van der Waals surface area contributed by atoms with E-state index >= 15 is 0 Å². The van der Waals surface area contributed by atoms with E-state index in [4.69, 9.17) is 4.98 Å². The second kappa shape index (κ2) is 20.7. The maximum Gasteiger partial charge on any atom is 0.145 e. The largest absolute Gasteiger partial charge is 0.309 e. The van der Waals surface area contributed by atoms with Crippen LogP contribution in [0.1, 0.15) is 6.42 Å². The van der Waals surface area contributed by atoms with Crippen LogP contribution in [0.2, 0.25) is 0 Å². The highest BCUT2D eigenvalue weighted by atomic mass is 15.1. The molecule has 0 N–H and O–H groups in total. The molecule has 0 bridgehead atoms. The predicted octanol–water partition coefficient (Wildman–Crippen LogP) is 23.7. The number of hydrogen-bond donors (Lipinski definition) is 0. The Morgan fingerprint density at radius 3 is 1.14 bits per heavy atom. The van der Waals surface area contributed by atoms with Crippen LogP contribution in [-0.4, -0.2) is 18.7 Å². The average molecular weight is 1170 g/mol. The quantitative estimate of drug-likeness (QED) is 0.139. The number of benzene rings is 15. The van der Waals surface area contributed by atoms with Gasteiger partial charge in [0.25, 0.3) is 0 Å². The molecule has 92 heavy (non-hydrogen) atoms. The molecule has 0 amide bonds. The van der Waals surface area contributed by atoms with Gasteiger partial charge < -0.3 is 9.13 Å². The summed E-state index contributed by atoms with van der Waals surface area (Å²) in [5.74, 6) is 0.936. The summed E-state index contributed by atoms with van der Waals surface area (Å²) >= 11 is 0. The fourth-order valence-electron chi connectivity index (χ4n) is 15.5. The fourth-order valence-corrected chi connectivity index (χ4v) is 15.5. The Kier molecular flexibility index (Phi) is 11.7. The molecule has 428 valence electrons. The van der Waals surface area contributed by atoms with E-state index in [1.54, 1.807) is 0 Å². The maximum atomic E-state index is 5.26. The normalized spacial score (nSPS) is 12.7. The topological polar surface area (TPSA) is 27.7 Å². The molecule has 0 saturated heterocycles. The molecule has 3 aromatic heterocycles. The van der Waals surface area contributed by atoms with Crippen molar-refractivity contribution in [2.24, 2.45) is 0 Å². The second-order valence-corrected chi connectivity index (χ2v) is 24.4. The minimum absolute atomic E-state index is 0.864. The molecule has 0 spiro atoms. The number of imidazole rings is 1. The zero-order chi connectivity index (χ0) is 60.4. The Bertz CT molecular complexity index is 6070. The van der Waals surface area contributed by atoms with E-state index in [1.807, 2.05) is 0 Å². The number of allylic oxidation sites excluding steroid dienone is 6. The van der Waals surface area contributed by atoms with Crippen LogP contribution in [0.3, 0.4) is 0 Å². The van der Waals surface area contributed by atoms with Gasteiger partial charge in [0.2, 0.25) is 0 Å². The van der Waals surface area contributed by atoms with Gasteiger partial charge in [-0.2, -0.15) is 0 Å². The molecule has 1 aliphatic rings. The minimum Gasteiger partial charge on any atom is -0.309 e. The van der Waals surface area contributed by atoms with Crippen molar-refractivity contribution in [3.63, 3.8) is 0 Å². The van der Waals surface area contributed by atoms with Crippen LogP contribution in [0.25, 0.3) is 181 Å². The first kappa shape index (κ1) is 51.9. The fraction of sp³-hybridized carbons (Fsp3) is 0.0114. The Balaban J connectivity index is 0.821. The monoisotopic (exact) mass is 1170 g/mol. The van der Waals surface area contributed by atoms with Crippen molar-refractivity contribution in [2.45, 2.75) is 6.42 Å². The van der Waals surface area contributed by atoms with Crippen LogP contribution in [0.15, 0.2) is 328 Å². The van der Waals surface area contributed by atoms with Gasteiger partial charge >= 0.3 is 0 Å². The van der Waals surface area contributed by atoms with Crippen molar-refractivity contribution in [3.8, 4) is 67.3 Å². The van der Waals surface area contributed by atoms with E-state index in [9.17, 15) is 0 Å². The zero-order valence-electron chi connectivity index (χ0n) is 50.2. The third-order valence-electron chi connectivity index (χ3n) is 19.4. The van der Waals surface area contributed by atoms with Gasteiger partial charge in [-0.15, -0.1) is 0 Å². The van der Waals surface area contributed by atoms with Crippen LogP contribution in [0.5, 0.6) is 0 Å². The lowest BCUT2D eigenvalue weighted by Crippen LogP contribution is -1.98. The van der Waals surface area contributed by atoms with Gasteiger partial charge in [0.05, 0.1) is 33.1 Å². The summed E-state index contributed by atoms with van der Waals surface area (Å²) in [6.45, 7) is 0. The van der Waals surface area contributed by atoms with E-state index in [2.05, 4.69) is 341 Å². The van der Waals surface area contributed by atoms with Crippen molar-refractivity contribution in [1.29, 1.82) is 0 Å². The molecule has 0 aliphatic heterocycles. The van der Waals surface area contributed by atoms with Gasteiger partial charge in [0, 0.05) is 44.2 Å². The number of fused-ring (bicyclic) bond motifs is 12. The summed E-state index contributed by atoms with van der Waals surface area (Å²) in [6, 6.07) is 111. The summed E-state index contributed by atoms with van der Waals surface area (Å²) in [5, 5.41) is 17.0. The van der Waals surface area contributed by atoms with Gasteiger partial charge in [0.1, 0.15) is 5.82 Å². The van der Waals surface area contributed by atoms with Gasteiger partial charge in [-0.25, -0.2) is 4.98 Å². The first-order chi connectivity index (χ1) is 45.7. The Hall–Kier alpha value is -12.1. The molecule has 18 aromatic rings. The number of nitrogens with zero attached hydrogens (tertiary/aromatic N) is 4. The first-order valence-electron chi connectivity index (χ1n) is 31.8. The van der Waals surface area contributed by atoms with Crippen molar-refractivity contribution in [1.82, 2.24) is 18.7 Å². The van der Waals surface area contributed by atoms with Crippen molar-refractivity contribution < 1.29 is 0 Å². The standard InChI is InChI=1S/C88H56N4/c1-2-4-26-63(25-3-1)92-83-44-20-15-39-78(83)89-88(92)62-48-46-56-51-60(47-45-57(56)52-62)85-70-33-5-7-35-72(70)86(73-36-8-6-34-71(73)85)61-49-50-76-77(55-61)87(59-24-22-28-65(54-59)91-81-42-18-13-31-68(81)69-32-14-19-43-82(69)91)75-38-10-9-37-74(75)84(76)58-23-21-27-64(53-58)90-79-40-16-11-29-66(79)67-30-12-17-41-80(67)90/h1-3,5-55H,4H2. The molecule has 0 fully saturated rings. The lowest BCUT2D eigenvalue weighted by Gasteiger charge is -2.21. The highest BCUT2D eigenvalue weighted by Crippen LogP contribution is 2.50. The maximum absolute atomic E-state index is 5.26. The molecule has 4 nitrogen and oxygen atoms in total. The molecular formula is C88H56N4. The molecule has 3 heterocycles. The highest BCUT2D eigenvalue weighted by Gasteiger charge is 2.24. The van der Waals surface area contributed by atoms with Crippen LogP contribution >= 0.6 is 0 Å². The van der Waals surface area contributed by atoms with Gasteiger partial charge in [-0.3, -0.25) is 4.57 Å². The summed E-state index contributed by atoms with van der Waals surface area (Å²) < 4.78 is 7.19. The molecule has 0 unspecified atom stereocenters. The SMILES string of the molecule is C1=CCC=C(n2c(-c3ccc4cc(-c5c6ccccc6c(-c6ccc7c(-c8cccc(-n9c%10ccccc%10c%10ccccc%109)c8)c8ccccc8c(-c8cccc(-n9c%10ccccc%10c%10ccccc%109)c8)c7c6)c6ccccc56)ccc4c3)nc3ccccc32)C=C1. The summed E-state index contributed by atoms with van der Waals surface area (Å²) in [5.41, 5.74) is 20.8. The van der Waals surface area contributed by atoms with Crippen LogP contribution in [-0.2, 0) is 0 Å². The molecule has 1 aliphatic carbocycles.